The zero-order valence-corrected chi connectivity index (χ0v) is 14.2. The number of benzene rings is 3. The Morgan fingerprint density at radius 1 is 0.704 bits per heavy atom. The molecule has 0 atom stereocenters. The molecule has 6 aromatic rings. The first-order valence-electron chi connectivity index (χ1n) is 8.74. The van der Waals surface area contributed by atoms with E-state index in [1.807, 2.05) is 36.4 Å². The van der Waals surface area contributed by atoms with Gasteiger partial charge in [-0.25, -0.2) is 15.0 Å². The van der Waals surface area contributed by atoms with Crippen LogP contribution in [0, 0.1) is 5.41 Å². The highest BCUT2D eigenvalue weighted by atomic mass is 15.0. The summed E-state index contributed by atoms with van der Waals surface area (Å²) in [4.78, 5) is 17.2. The van der Waals surface area contributed by atoms with Crippen molar-refractivity contribution in [3.8, 4) is 11.4 Å². The highest BCUT2D eigenvalue weighted by Crippen LogP contribution is 2.36. The number of fused-ring (bicyclic) bond motifs is 4. The van der Waals surface area contributed by atoms with Crippen LogP contribution in [0.2, 0.25) is 0 Å². The average molecular weight is 347 g/mol. The molecule has 6 rings (SSSR count). The maximum Gasteiger partial charge on any atom is 0.176 e. The van der Waals surface area contributed by atoms with E-state index in [9.17, 15) is 0 Å². The molecule has 2 aromatic heterocycles. The minimum Gasteiger partial charge on any atom is -0.336 e. The van der Waals surface area contributed by atoms with Crippen molar-refractivity contribution in [1.82, 2.24) is 19.9 Å². The number of rotatable bonds is 1. The molecule has 4 aromatic carbocycles. The van der Waals surface area contributed by atoms with E-state index in [1.54, 1.807) is 0 Å². The van der Waals surface area contributed by atoms with Crippen molar-refractivity contribution in [2.75, 3.05) is 0 Å². The van der Waals surface area contributed by atoms with E-state index in [1.165, 1.54) is 10.8 Å². The van der Waals surface area contributed by atoms with Crippen molar-refractivity contribution in [2.24, 2.45) is 0 Å². The van der Waals surface area contributed by atoms with Gasteiger partial charge in [0.25, 0.3) is 0 Å². The lowest BCUT2D eigenvalue weighted by molar-refractivity contribution is 1.06. The predicted octanol–water partition coefficient (Wildman–Crippen LogP) is 4.40. The van der Waals surface area contributed by atoms with Crippen LogP contribution < -0.4 is 5.49 Å². The Bertz CT molecular complexity index is 1530. The number of nitrogens with zero attached hydrogens (tertiary/aromatic N) is 3. The van der Waals surface area contributed by atoms with E-state index >= 15 is 0 Å². The van der Waals surface area contributed by atoms with Gasteiger partial charge < -0.3 is 4.98 Å². The Morgan fingerprint density at radius 3 is 2.30 bits per heavy atom. The Labute approximate surface area is 153 Å². The third-order valence-corrected chi connectivity index (χ3v) is 5.05. The molecule has 2 heterocycles. The van der Waals surface area contributed by atoms with E-state index in [0.29, 0.717) is 17.0 Å². The van der Waals surface area contributed by atoms with E-state index in [-0.39, 0.29) is 5.49 Å². The van der Waals surface area contributed by atoms with Gasteiger partial charge in [-0.3, -0.25) is 5.41 Å². The van der Waals surface area contributed by atoms with Gasteiger partial charge in [-0.05, 0) is 5.39 Å². The van der Waals surface area contributed by atoms with Crippen LogP contribution in [0.5, 0.6) is 0 Å². The molecule has 0 aliphatic carbocycles. The van der Waals surface area contributed by atoms with Crippen LogP contribution in [-0.2, 0) is 0 Å². The summed E-state index contributed by atoms with van der Waals surface area (Å²) in [5.74, 6) is 0.528. The Morgan fingerprint density at radius 2 is 1.48 bits per heavy atom. The summed E-state index contributed by atoms with van der Waals surface area (Å²) in [5, 5.41) is 13.0. The van der Waals surface area contributed by atoms with Gasteiger partial charge >= 0.3 is 0 Å². The summed E-state index contributed by atoms with van der Waals surface area (Å²) in [5.41, 5.74) is 3.88. The number of aromatic nitrogens is 4. The zero-order chi connectivity index (χ0) is 18.0. The van der Waals surface area contributed by atoms with E-state index in [0.717, 1.165) is 27.4 Å². The SMILES string of the molecule is N=c1nc(-c2ccccc2)nc2[nH]c3c4cccc5cccc(c3nc12)c54. The summed E-state index contributed by atoms with van der Waals surface area (Å²) in [6.07, 6.45) is 0. The molecular formula is C22H13N5. The van der Waals surface area contributed by atoms with Gasteiger partial charge in [0.15, 0.2) is 22.5 Å². The molecular weight excluding hydrogens is 334 g/mol. The molecule has 0 spiro atoms. The largest absolute Gasteiger partial charge is 0.336 e. The van der Waals surface area contributed by atoms with Crippen molar-refractivity contribution in [3.05, 3.63) is 72.2 Å². The number of H-pyrrole nitrogens is 1. The summed E-state index contributed by atoms with van der Waals surface area (Å²) < 4.78 is 0. The van der Waals surface area contributed by atoms with E-state index in [4.69, 9.17) is 10.4 Å². The lowest BCUT2D eigenvalue weighted by atomic mass is 10.1. The lowest BCUT2D eigenvalue weighted by Gasteiger charge is -2.03. The fourth-order valence-electron chi connectivity index (χ4n) is 3.85. The molecule has 5 heteroatoms. The third kappa shape index (κ3) is 1.93. The van der Waals surface area contributed by atoms with Crippen molar-refractivity contribution in [2.45, 2.75) is 0 Å². The van der Waals surface area contributed by atoms with Gasteiger partial charge in [-0.15, -0.1) is 0 Å². The minimum absolute atomic E-state index is 0.126. The van der Waals surface area contributed by atoms with E-state index in [2.05, 4.69) is 45.3 Å². The lowest BCUT2D eigenvalue weighted by Crippen LogP contribution is -2.12. The quantitative estimate of drug-likeness (QED) is 0.463. The molecule has 0 saturated heterocycles. The van der Waals surface area contributed by atoms with Gasteiger partial charge in [0.05, 0.1) is 11.0 Å². The molecule has 126 valence electrons. The monoisotopic (exact) mass is 347 g/mol. The molecule has 0 amide bonds. The van der Waals surface area contributed by atoms with E-state index < -0.39 is 0 Å². The van der Waals surface area contributed by atoms with Crippen molar-refractivity contribution in [3.63, 3.8) is 0 Å². The van der Waals surface area contributed by atoms with Crippen molar-refractivity contribution >= 4 is 43.7 Å². The van der Waals surface area contributed by atoms with Gasteiger partial charge in [0.1, 0.15) is 0 Å². The zero-order valence-electron chi connectivity index (χ0n) is 14.2. The second kappa shape index (κ2) is 5.08. The first-order chi connectivity index (χ1) is 13.3. The van der Waals surface area contributed by atoms with Gasteiger partial charge in [-0.2, -0.15) is 0 Å². The molecule has 0 aliphatic rings. The van der Waals surface area contributed by atoms with Crippen LogP contribution >= 0.6 is 0 Å². The third-order valence-electron chi connectivity index (χ3n) is 5.05. The molecule has 27 heavy (non-hydrogen) atoms. The van der Waals surface area contributed by atoms with Crippen LogP contribution in [0.1, 0.15) is 0 Å². The molecule has 5 nitrogen and oxygen atoms in total. The second-order valence-electron chi connectivity index (χ2n) is 6.63. The highest BCUT2D eigenvalue weighted by Gasteiger charge is 2.15. The van der Waals surface area contributed by atoms with Crippen molar-refractivity contribution < 1.29 is 0 Å². The van der Waals surface area contributed by atoms with Gasteiger partial charge in [0, 0.05) is 21.7 Å². The molecule has 0 bridgehead atoms. The fourth-order valence-corrected chi connectivity index (χ4v) is 3.85. The minimum atomic E-state index is 0.126. The Balaban J connectivity index is 1.78. The number of hydrogen-bond donors (Lipinski definition) is 2. The molecule has 0 fully saturated rings. The van der Waals surface area contributed by atoms with Crippen LogP contribution in [0.4, 0.5) is 0 Å². The number of aromatic amines is 1. The standard InChI is InChI=1S/C22H13N5/c23-20-19-22(27-21(26-20)13-6-2-1-3-7-13)25-18-15-11-5-9-12-8-4-10-14(16(12)15)17(18)24-19/h1-11H,(H2,23,25,26,27). The molecule has 0 radical (unpaired) electrons. The maximum atomic E-state index is 8.39. The first kappa shape index (κ1) is 14.3. The molecule has 2 N–H and O–H groups in total. The average Bonchev–Trinajstić information content (AvgIpc) is 3.03. The molecule has 0 unspecified atom stereocenters. The first-order valence-corrected chi connectivity index (χ1v) is 8.74. The Hall–Kier alpha value is -3.86. The number of nitrogens with one attached hydrogen (secondary N) is 2. The van der Waals surface area contributed by atoms with Crippen LogP contribution in [0.25, 0.3) is 55.1 Å². The molecule has 0 aliphatic heterocycles. The summed E-state index contributed by atoms with van der Waals surface area (Å²) in [6, 6.07) is 22.2. The summed E-state index contributed by atoms with van der Waals surface area (Å²) >= 11 is 0. The maximum absolute atomic E-state index is 8.39. The smallest absolute Gasteiger partial charge is 0.176 e. The highest BCUT2D eigenvalue weighted by molar-refractivity contribution is 6.28. The summed E-state index contributed by atoms with van der Waals surface area (Å²) in [6.45, 7) is 0. The van der Waals surface area contributed by atoms with Crippen molar-refractivity contribution in [1.29, 1.82) is 5.41 Å². The number of hydrogen-bond acceptors (Lipinski definition) is 4. The normalized spacial score (nSPS) is 11.9. The van der Waals surface area contributed by atoms with Gasteiger partial charge in [-0.1, -0.05) is 66.7 Å². The second-order valence-corrected chi connectivity index (χ2v) is 6.63. The topological polar surface area (TPSA) is 78.3 Å². The van der Waals surface area contributed by atoms with Crippen LogP contribution in [0.3, 0.4) is 0 Å². The van der Waals surface area contributed by atoms with Crippen LogP contribution in [0.15, 0.2) is 66.7 Å². The van der Waals surface area contributed by atoms with Gasteiger partial charge in [0.2, 0.25) is 0 Å². The molecule has 0 saturated carbocycles. The fraction of sp³-hybridized carbons (Fsp3) is 0. The summed E-state index contributed by atoms with van der Waals surface area (Å²) in [7, 11) is 0. The van der Waals surface area contributed by atoms with Crippen LogP contribution in [-0.4, -0.2) is 19.9 Å². The Kier molecular flexibility index (Phi) is 2.69. The predicted molar refractivity (Wildman–Crippen MR) is 107 cm³/mol.